The first-order chi connectivity index (χ1) is 8.54. The highest BCUT2D eigenvalue weighted by Gasteiger charge is 2.38. The SMILES string of the molecule is CC1CCCC(CO)(CN2CC(C)OCC2C)C1. The molecule has 2 fully saturated rings. The molecule has 4 unspecified atom stereocenters. The molecule has 0 bridgehead atoms. The van der Waals surface area contributed by atoms with E-state index >= 15 is 0 Å². The van der Waals surface area contributed by atoms with Crippen LogP contribution in [-0.4, -0.2) is 48.5 Å². The highest BCUT2D eigenvalue weighted by Crippen LogP contribution is 2.40. The molecule has 0 spiro atoms. The number of ether oxygens (including phenoxy) is 1. The molecule has 2 aliphatic rings. The number of aliphatic hydroxyl groups is 1. The largest absolute Gasteiger partial charge is 0.396 e. The van der Waals surface area contributed by atoms with Crippen LogP contribution in [0.5, 0.6) is 0 Å². The van der Waals surface area contributed by atoms with Crippen molar-refractivity contribution in [1.82, 2.24) is 4.90 Å². The molecule has 0 aromatic rings. The van der Waals surface area contributed by atoms with Crippen LogP contribution in [-0.2, 0) is 4.74 Å². The van der Waals surface area contributed by atoms with E-state index < -0.39 is 0 Å². The highest BCUT2D eigenvalue weighted by atomic mass is 16.5. The maximum atomic E-state index is 9.88. The van der Waals surface area contributed by atoms with E-state index in [1.54, 1.807) is 0 Å². The van der Waals surface area contributed by atoms with Crippen molar-refractivity contribution in [3.05, 3.63) is 0 Å². The lowest BCUT2D eigenvalue weighted by Gasteiger charge is -2.46. The van der Waals surface area contributed by atoms with Gasteiger partial charge in [-0.2, -0.15) is 0 Å². The smallest absolute Gasteiger partial charge is 0.0674 e. The van der Waals surface area contributed by atoms with E-state index in [2.05, 4.69) is 25.7 Å². The van der Waals surface area contributed by atoms with Crippen molar-refractivity contribution >= 4 is 0 Å². The van der Waals surface area contributed by atoms with Gasteiger partial charge >= 0.3 is 0 Å². The summed E-state index contributed by atoms with van der Waals surface area (Å²) in [6, 6.07) is 0.488. The Hall–Kier alpha value is -0.120. The van der Waals surface area contributed by atoms with Gasteiger partial charge in [-0.3, -0.25) is 4.90 Å². The number of aliphatic hydroxyl groups excluding tert-OH is 1. The van der Waals surface area contributed by atoms with E-state index in [1.165, 1.54) is 25.7 Å². The fourth-order valence-corrected chi connectivity index (χ4v) is 3.73. The summed E-state index contributed by atoms with van der Waals surface area (Å²) in [5.41, 5.74) is 0.142. The monoisotopic (exact) mass is 255 g/mol. The Bertz CT molecular complexity index is 271. The molecule has 3 heteroatoms. The van der Waals surface area contributed by atoms with E-state index in [9.17, 15) is 5.11 Å². The lowest BCUT2D eigenvalue weighted by Crippen LogP contribution is -2.53. The Balaban J connectivity index is 2.00. The third-order valence-electron chi connectivity index (χ3n) is 4.80. The first-order valence-corrected chi connectivity index (χ1v) is 7.51. The van der Waals surface area contributed by atoms with Crippen molar-refractivity contribution in [2.75, 3.05) is 26.3 Å². The Morgan fingerprint density at radius 2 is 2.11 bits per heavy atom. The molecule has 0 aromatic heterocycles. The highest BCUT2D eigenvalue weighted by molar-refractivity contribution is 4.90. The number of nitrogens with zero attached hydrogens (tertiary/aromatic N) is 1. The third-order valence-corrected chi connectivity index (χ3v) is 4.80. The summed E-state index contributed by atoms with van der Waals surface area (Å²) in [5, 5.41) is 9.88. The van der Waals surface area contributed by atoms with Crippen molar-refractivity contribution < 1.29 is 9.84 Å². The molecule has 1 saturated carbocycles. The second kappa shape index (κ2) is 5.89. The van der Waals surface area contributed by atoms with Gasteiger partial charge in [-0.1, -0.05) is 19.8 Å². The van der Waals surface area contributed by atoms with Gasteiger partial charge in [-0.25, -0.2) is 0 Å². The zero-order valence-electron chi connectivity index (χ0n) is 12.2. The summed E-state index contributed by atoms with van der Waals surface area (Å²) in [6.45, 7) is 9.94. The lowest BCUT2D eigenvalue weighted by molar-refractivity contribution is -0.0770. The molecule has 18 heavy (non-hydrogen) atoms. The quantitative estimate of drug-likeness (QED) is 0.840. The van der Waals surface area contributed by atoms with Crippen LogP contribution in [0, 0.1) is 11.3 Å². The fraction of sp³-hybridized carbons (Fsp3) is 1.00. The summed E-state index contributed by atoms with van der Waals surface area (Å²) in [7, 11) is 0. The molecule has 1 saturated heterocycles. The lowest BCUT2D eigenvalue weighted by atomic mass is 9.70. The molecule has 0 amide bonds. The van der Waals surface area contributed by atoms with Crippen LogP contribution in [0.15, 0.2) is 0 Å². The normalized spacial score (nSPS) is 43.0. The van der Waals surface area contributed by atoms with Gasteiger partial charge in [0.25, 0.3) is 0 Å². The second-order valence-corrected chi connectivity index (χ2v) is 6.78. The molecule has 1 aliphatic carbocycles. The number of hydrogen-bond donors (Lipinski definition) is 1. The molecule has 3 nitrogen and oxygen atoms in total. The van der Waals surface area contributed by atoms with Crippen LogP contribution in [0.1, 0.15) is 46.5 Å². The van der Waals surface area contributed by atoms with Crippen molar-refractivity contribution in [1.29, 1.82) is 0 Å². The van der Waals surface area contributed by atoms with Crippen LogP contribution in [0.4, 0.5) is 0 Å². The zero-order chi connectivity index (χ0) is 13.2. The van der Waals surface area contributed by atoms with Crippen LogP contribution in [0.25, 0.3) is 0 Å². The minimum absolute atomic E-state index is 0.142. The van der Waals surface area contributed by atoms with Crippen molar-refractivity contribution in [3.8, 4) is 0 Å². The summed E-state index contributed by atoms with van der Waals surface area (Å²) >= 11 is 0. The van der Waals surface area contributed by atoms with Crippen LogP contribution in [0.2, 0.25) is 0 Å². The Morgan fingerprint density at radius 1 is 1.33 bits per heavy atom. The van der Waals surface area contributed by atoms with Crippen LogP contribution in [0.3, 0.4) is 0 Å². The van der Waals surface area contributed by atoms with Gasteiger partial charge in [0.1, 0.15) is 0 Å². The van der Waals surface area contributed by atoms with Crippen LogP contribution < -0.4 is 0 Å². The standard InChI is InChI=1S/C15H29NO2/c1-12-5-4-6-15(7-12,11-17)10-16-8-14(3)18-9-13(16)2/h12-14,17H,4-11H2,1-3H3. The average Bonchev–Trinajstić information content (AvgIpc) is 2.34. The van der Waals surface area contributed by atoms with Crippen molar-refractivity contribution in [2.45, 2.75) is 58.6 Å². The first kappa shape index (κ1) is 14.3. The van der Waals surface area contributed by atoms with E-state index in [-0.39, 0.29) is 5.41 Å². The fourth-order valence-electron chi connectivity index (χ4n) is 3.73. The summed E-state index contributed by atoms with van der Waals surface area (Å²) < 4.78 is 5.69. The third kappa shape index (κ3) is 3.25. The molecular formula is C15H29NO2. The Morgan fingerprint density at radius 3 is 2.78 bits per heavy atom. The van der Waals surface area contributed by atoms with Gasteiger partial charge in [-0.05, 0) is 32.6 Å². The average molecular weight is 255 g/mol. The minimum Gasteiger partial charge on any atom is -0.396 e. The summed E-state index contributed by atoms with van der Waals surface area (Å²) in [6.07, 6.45) is 5.30. The predicted molar refractivity (Wildman–Crippen MR) is 73.6 cm³/mol. The second-order valence-electron chi connectivity index (χ2n) is 6.78. The first-order valence-electron chi connectivity index (χ1n) is 7.51. The molecule has 1 heterocycles. The molecule has 106 valence electrons. The zero-order valence-corrected chi connectivity index (χ0v) is 12.2. The molecular weight excluding hydrogens is 226 g/mol. The van der Waals surface area contributed by atoms with Crippen molar-refractivity contribution in [3.63, 3.8) is 0 Å². The summed E-state index contributed by atoms with van der Waals surface area (Å²) in [4.78, 5) is 2.53. The number of rotatable bonds is 3. The van der Waals surface area contributed by atoms with Crippen molar-refractivity contribution in [2.24, 2.45) is 11.3 Å². The van der Waals surface area contributed by atoms with Gasteiger partial charge < -0.3 is 9.84 Å². The maximum Gasteiger partial charge on any atom is 0.0674 e. The Labute approximate surface area is 112 Å². The molecule has 0 radical (unpaired) electrons. The molecule has 1 N–H and O–H groups in total. The van der Waals surface area contributed by atoms with Gasteiger partial charge in [0, 0.05) is 31.2 Å². The topological polar surface area (TPSA) is 32.7 Å². The maximum absolute atomic E-state index is 9.88. The van der Waals surface area contributed by atoms with Gasteiger partial charge in [0.2, 0.25) is 0 Å². The van der Waals surface area contributed by atoms with E-state index in [0.29, 0.717) is 18.8 Å². The van der Waals surface area contributed by atoms with E-state index in [1.807, 2.05) is 0 Å². The minimum atomic E-state index is 0.142. The summed E-state index contributed by atoms with van der Waals surface area (Å²) in [5.74, 6) is 0.764. The van der Waals surface area contributed by atoms with Gasteiger partial charge in [-0.15, -0.1) is 0 Å². The predicted octanol–water partition coefficient (Wildman–Crippen LogP) is 2.28. The molecule has 0 aromatic carbocycles. The van der Waals surface area contributed by atoms with Crippen LogP contribution >= 0.6 is 0 Å². The number of morpholine rings is 1. The molecule has 1 aliphatic heterocycles. The van der Waals surface area contributed by atoms with E-state index in [4.69, 9.17) is 4.74 Å². The Kier molecular flexibility index (Phi) is 4.68. The molecule has 4 atom stereocenters. The van der Waals surface area contributed by atoms with Gasteiger partial charge in [0.15, 0.2) is 0 Å². The van der Waals surface area contributed by atoms with E-state index in [0.717, 1.165) is 25.6 Å². The molecule has 2 rings (SSSR count). The number of hydrogen-bond acceptors (Lipinski definition) is 3. The van der Waals surface area contributed by atoms with Gasteiger partial charge in [0.05, 0.1) is 12.7 Å².